The van der Waals surface area contributed by atoms with Crippen molar-refractivity contribution >= 4 is 11.9 Å². The fraction of sp³-hybridized carbons (Fsp3) is 0.857. The van der Waals surface area contributed by atoms with Crippen molar-refractivity contribution in [2.45, 2.75) is 58.5 Å². The molecular weight excluding hydrogens is 240 g/mol. The van der Waals surface area contributed by atoms with Gasteiger partial charge in [0.1, 0.15) is 0 Å². The first-order valence-corrected chi connectivity index (χ1v) is 7.35. The topological polar surface area (TPSA) is 56.7 Å². The second-order valence-electron chi connectivity index (χ2n) is 5.34. The van der Waals surface area contributed by atoms with Crippen LogP contribution >= 0.6 is 0 Å². The number of amides is 1. The Balaban J connectivity index is 2.35. The number of nitrogens with zero attached hydrogens (tertiary/aromatic N) is 2. The Morgan fingerprint density at radius 1 is 1.47 bits per heavy atom. The van der Waals surface area contributed by atoms with Gasteiger partial charge in [-0.2, -0.15) is 0 Å². The summed E-state index contributed by atoms with van der Waals surface area (Å²) in [7, 11) is 1.78. The summed E-state index contributed by atoms with van der Waals surface area (Å²) < 4.78 is 0. The van der Waals surface area contributed by atoms with E-state index in [9.17, 15) is 4.79 Å². The van der Waals surface area contributed by atoms with Crippen molar-refractivity contribution in [2.75, 3.05) is 20.1 Å². The molecule has 0 spiro atoms. The monoisotopic (exact) mass is 268 g/mol. The normalized spacial score (nSPS) is 18.1. The first-order valence-electron chi connectivity index (χ1n) is 7.35. The Labute approximate surface area is 116 Å². The molecule has 1 rings (SSSR count). The number of rotatable bonds is 6. The SMILES string of the molecule is CCC(CCNC(=NC)NC(C)C)N1CCCC1=O. The molecule has 1 unspecified atom stereocenters. The summed E-state index contributed by atoms with van der Waals surface area (Å²) in [5, 5.41) is 6.56. The molecule has 1 aliphatic heterocycles. The number of carbonyl (C=O) groups excluding carboxylic acids is 1. The molecule has 1 amide bonds. The first kappa shape index (κ1) is 15.8. The lowest BCUT2D eigenvalue weighted by Crippen LogP contribution is -2.43. The van der Waals surface area contributed by atoms with Gasteiger partial charge >= 0.3 is 0 Å². The van der Waals surface area contributed by atoms with E-state index in [0.717, 1.165) is 44.7 Å². The second kappa shape index (κ2) is 8.02. The van der Waals surface area contributed by atoms with E-state index >= 15 is 0 Å². The maximum atomic E-state index is 11.7. The van der Waals surface area contributed by atoms with Gasteiger partial charge in [0.25, 0.3) is 0 Å². The van der Waals surface area contributed by atoms with Gasteiger partial charge in [0, 0.05) is 38.6 Å². The van der Waals surface area contributed by atoms with Crippen LogP contribution in [0.5, 0.6) is 0 Å². The van der Waals surface area contributed by atoms with Crippen LogP contribution in [-0.2, 0) is 4.79 Å². The third-order valence-electron chi connectivity index (χ3n) is 3.44. The van der Waals surface area contributed by atoms with Crippen LogP contribution in [0.25, 0.3) is 0 Å². The molecule has 1 aliphatic rings. The van der Waals surface area contributed by atoms with E-state index in [1.807, 2.05) is 4.90 Å². The number of guanidine groups is 1. The van der Waals surface area contributed by atoms with Gasteiger partial charge in [-0.3, -0.25) is 9.79 Å². The molecule has 5 heteroatoms. The van der Waals surface area contributed by atoms with Crippen LogP contribution < -0.4 is 10.6 Å². The van der Waals surface area contributed by atoms with Crippen molar-refractivity contribution in [2.24, 2.45) is 4.99 Å². The molecule has 1 saturated heterocycles. The van der Waals surface area contributed by atoms with Gasteiger partial charge in [-0.15, -0.1) is 0 Å². The van der Waals surface area contributed by atoms with Crippen LogP contribution in [0.1, 0.15) is 46.5 Å². The highest BCUT2D eigenvalue weighted by Gasteiger charge is 2.26. The Morgan fingerprint density at radius 3 is 2.68 bits per heavy atom. The Morgan fingerprint density at radius 2 is 2.21 bits per heavy atom. The molecule has 0 bridgehead atoms. The van der Waals surface area contributed by atoms with Crippen LogP contribution in [0.3, 0.4) is 0 Å². The number of carbonyl (C=O) groups is 1. The van der Waals surface area contributed by atoms with E-state index in [0.29, 0.717) is 18.0 Å². The minimum absolute atomic E-state index is 0.316. The second-order valence-corrected chi connectivity index (χ2v) is 5.34. The third kappa shape index (κ3) is 5.09. The van der Waals surface area contributed by atoms with Gasteiger partial charge in [0.2, 0.25) is 5.91 Å². The number of likely N-dealkylation sites (tertiary alicyclic amines) is 1. The molecular formula is C14H28N4O. The van der Waals surface area contributed by atoms with Crippen molar-refractivity contribution < 1.29 is 4.79 Å². The Kier molecular flexibility index (Phi) is 6.67. The average Bonchev–Trinajstić information content (AvgIpc) is 2.79. The van der Waals surface area contributed by atoms with Gasteiger partial charge in [0.15, 0.2) is 5.96 Å². The van der Waals surface area contributed by atoms with Crippen LogP contribution in [0.2, 0.25) is 0 Å². The Bertz CT molecular complexity index is 315. The van der Waals surface area contributed by atoms with Gasteiger partial charge < -0.3 is 15.5 Å². The molecule has 1 heterocycles. The first-order chi connectivity index (χ1) is 9.08. The minimum atomic E-state index is 0.316. The van der Waals surface area contributed by atoms with E-state index in [1.165, 1.54) is 0 Å². The van der Waals surface area contributed by atoms with Crippen LogP contribution in [0.4, 0.5) is 0 Å². The molecule has 0 saturated carbocycles. The molecule has 5 nitrogen and oxygen atoms in total. The van der Waals surface area contributed by atoms with Crippen molar-refractivity contribution in [1.29, 1.82) is 0 Å². The van der Waals surface area contributed by atoms with Gasteiger partial charge in [-0.1, -0.05) is 6.92 Å². The highest BCUT2D eigenvalue weighted by Crippen LogP contribution is 2.17. The summed E-state index contributed by atoms with van der Waals surface area (Å²) in [4.78, 5) is 18.0. The number of hydrogen-bond donors (Lipinski definition) is 2. The van der Waals surface area contributed by atoms with E-state index < -0.39 is 0 Å². The number of hydrogen-bond acceptors (Lipinski definition) is 2. The highest BCUT2D eigenvalue weighted by molar-refractivity contribution is 5.80. The maximum absolute atomic E-state index is 11.7. The fourth-order valence-electron chi connectivity index (χ4n) is 2.46. The molecule has 0 radical (unpaired) electrons. The molecule has 1 fully saturated rings. The van der Waals surface area contributed by atoms with E-state index in [-0.39, 0.29) is 0 Å². The summed E-state index contributed by atoms with van der Waals surface area (Å²) in [5.74, 6) is 1.15. The van der Waals surface area contributed by atoms with Crippen LogP contribution in [0.15, 0.2) is 4.99 Å². The lowest BCUT2D eigenvalue weighted by atomic mass is 10.1. The Hall–Kier alpha value is -1.26. The summed E-state index contributed by atoms with van der Waals surface area (Å²) in [6.45, 7) is 8.09. The lowest BCUT2D eigenvalue weighted by molar-refractivity contribution is -0.129. The molecule has 1 atom stereocenters. The molecule has 2 N–H and O–H groups in total. The molecule has 0 aromatic rings. The number of aliphatic imine (C=N–C) groups is 1. The van der Waals surface area contributed by atoms with Gasteiger partial charge in [-0.25, -0.2) is 0 Å². The van der Waals surface area contributed by atoms with Gasteiger partial charge in [-0.05, 0) is 33.1 Å². The van der Waals surface area contributed by atoms with Gasteiger partial charge in [0.05, 0.1) is 0 Å². The van der Waals surface area contributed by atoms with Crippen LogP contribution in [-0.4, -0.2) is 49.0 Å². The number of nitrogens with one attached hydrogen (secondary N) is 2. The molecule has 0 aromatic heterocycles. The average molecular weight is 268 g/mol. The predicted molar refractivity (Wildman–Crippen MR) is 79.3 cm³/mol. The van der Waals surface area contributed by atoms with Crippen molar-refractivity contribution in [1.82, 2.24) is 15.5 Å². The van der Waals surface area contributed by atoms with E-state index in [1.54, 1.807) is 7.05 Å². The fourth-order valence-corrected chi connectivity index (χ4v) is 2.46. The smallest absolute Gasteiger partial charge is 0.222 e. The summed E-state index contributed by atoms with van der Waals surface area (Å²) in [6.07, 6.45) is 3.73. The van der Waals surface area contributed by atoms with E-state index in [4.69, 9.17) is 0 Å². The van der Waals surface area contributed by atoms with Crippen molar-refractivity contribution in [3.8, 4) is 0 Å². The summed E-state index contributed by atoms with van der Waals surface area (Å²) >= 11 is 0. The molecule has 0 aliphatic carbocycles. The van der Waals surface area contributed by atoms with E-state index in [2.05, 4.69) is 36.4 Å². The third-order valence-corrected chi connectivity index (χ3v) is 3.44. The van der Waals surface area contributed by atoms with Crippen molar-refractivity contribution in [3.05, 3.63) is 0 Å². The van der Waals surface area contributed by atoms with Crippen molar-refractivity contribution in [3.63, 3.8) is 0 Å². The summed E-state index contributed by atoms with van der Waals surface area (Å²) in [6, 6.07) is 0.730. The lowest BCUT2D eigenvalue weighted by Gasteiger charge is -2.27. The zero-order valence-corrected chi connectivity index (χ0v) is 12.7. The summed E-state index contributed by atoms with van der Waals surface area (Å²) in [5.41, 5.74) is 0. The maximum Gasteiger partial charge on any atom is 0.222 e. The quantitative estimate of drug-likeness (QED) is 0.565. The standard InChI is InChI=1S/C14H28N4O/c1-5-12(18-10-6-7-13(18)19)8-9-16-14(15-4)17-11(2)3/h11-12H,5-10H2,1-4H3,(H2,15,16,17). The molecule has 19 heavy (non-hydrogen) atoms. The molecule has 0 aromatic carbocycles. The largest absolute Gasteiger partial charge is 0.356 e. The van der Waals surface area contributed by atoms with Crippen LogP contribution in [0, 0.1) is 0 Å². The zero-order chi connectivity index (χ0) is 14.3. The minimum Gasteiger partial charge on any atom is -0.356 e. The zero-order valence-electron chi connectivity index (χ0n) is 12.7. The highest BCUT2D eigenvalue weighted by atomic mass is 16.2. The predicted octanol–water partition coefficient (Wildman–Crippen LogP) is 1.35. The molecule has 110 valence electrons.